The average Bonchev–Trinajstić information content (AvgIpc) is 2.87. The van der Waals surface area contributed by atoms with E-state index in [9.17, 15) is 14.4 Å². The van der Waals surface area contributed by atoms with Gasteiger partial charge in [-0.3, -0.25) is 19.8 Å². The molecule has 1 saturated heterocycles. The van der Waals surface area contributed by atoms with Crippen LogP contribution in [0.3, 0.4) is 0 Å². The van der Waals surface area contributed by atoms with E-state index in [1.54, 1.807) is 54.6 Å². The van der Waals surface area contributed by atoms with Crippen LogP contribution in [0.4, 0.5) is 5.69 Å². The van der Waals surface area contributed by atoms with Crippen LogP contribution in [0.5, 0.6) is 0 Å². The molecule has 2 aromatic rings. The molecule has 2 N–H and O–H groups in total. The third-order valence-electron chi connectivity index (χ3n) is 3.64. The molecule has 0 radical (unpaired) electrons. The lowest BCUT2D eigenvalue weighted by Gasteiger charge is -2.16. The fourth-order valence-corrected chi connectivity index (χ4v) is 2.68. The predicted molar refractivity (Wildman–Crippen MR) is 89.4 cm³/mol. The Balaban J connectivity index is 1.67. The summed E-state index contributed by atoms with van der Waals surface area (Å²) >= 11 is 5.95. The van der Waals surface area contributed by atoms with E-state index in [0.29, 0.717) is 10.7 Å². The van der Waals surface area contributed by atoms with Crippen LogP contribution < -0.4 is 15.8 Å². The van der Waals surface area contributed by atoms with Crippen molar-refractivity contribution >= 4 is 35.0 Å². The molecule has 1 aliphatic heterocycles. The van der Waals surface area contributed by atoms with Gasteiger partial charge in [0.2, 0.25) is 5.91 Å². The molecule has 1 aliphatic rings. The minimum absolute atomic E-state index is 0.0312. The number of para-hydroxylation sites is 1. The van der Waals surface area contributed by atoms with Crippen LogP contribution >= 0.6 is 11.6 Å². The first-order chi connectivity index (χ1) is 11.6. The highest BCUT2D eigenvalue weighted by Gasteiger charge is 2.39. The second-order valence-corrected chi connectivity index (χ2v) is 5.65. The van der Waals surface area contributed by atoms with Crippen molar-refractivity contribution in [1.82, 2.24) is 10.9 Å². The molecule has 6 nitrogen and oxygen atoms in total. The average molecular weight is 344 g/mol. The van der Waals surface area contributed by atoms with Crippen molar-refractivity contribution in [3.63, 3.8) is 0 Å². The molecule has 0 bridgehead atoms. The molecule has 3 amide bonds. The number of benzene rings is 2. The zero-order chi connectivity index (χ0) is 17.1. The van der Waals surface area contributed by atoms with Gasteiger partial charge in [-0.25, -0.2) is 10.3 Å². The number of anilines is 1. The van der Waals surface area contributed by atoms with Gasteiger partial charge in [-0.15, -0.1) is 0 Å². The second-order valence-electron chi connectivity index (χ2n) is 5.24. The molecule has 24 heavy (non-hydrogen) atoms. The number of hydrogen-bond donors (Lipinski definition) is 2. The Kier molecular flexibility index (Phi) is 4.59. The quantitative estimate of drug-likeness (QED) is 0.656. The van der Waals surface area contributed by atoms with E-state index in [1.165, 1.54) is 0 Å². The van der Waals surface area contributed by atoms with E-state index in [1.807, 2.05) is 0 Å². The number of imide groups is 1. The minimum atomic E-state index is -0.816. The molecule has 3 rings (SSSR count). The van der Waals surface area contributed by atoms with Gasteiger partial charge in [-0.05, 0) is 24.3 Å². The van der Waals surface area contributed by atoms with Gasteiger partial charge in [0.1, 0.15) is 6.04 Å². The van der Waals surface area contributed by atoms with Crippen LogP contribution in [0.15, 0.2) is 54.6 Å². The van der Waals surface area contributed by atoms with E-state index >= 15 is 0 Å². The normalized spacial score (nSPS) is 17.2. The summed E-state index contributed by atoms with van der Waals surface area (Å²) in [5, 5.41) is 0.302. The number of carbonyl (C=O) groups is 3. The van der Waals surface area contributed by atoms with Gasteiger partial charge in [-0.1, -0.05) is 41.9 Å². The van der Waals surface area contributed by atoms with Crippen molar-refractivity contribution in [2.45, 2.75) is 12.5 Å². The van der Waals surface area contributed by atoms with E-state index in [0.717, 1.165) is 4.90 Å². The highest BCUT2D eigenvalue weighted by Crippen LogP contribution is 2.22. The van der Waals surface area contributed by atoms with Gasteiger partial charge in [0.25, 0.3) is 11.8 Å². The fraction of sp³-hybridized carbons (Fsp3) is 0.118. The summed E-state index contributed by atoms with van der Waals surface area (Å²) in [5.41, 5.74) is 5.84. The molecule has 0 spiro atoms. The van der Waals surface area contributed by atoms with Crippen LogP contribution in [0.2, 0.25) is 5.02 Å². The summed E-state index contributed by atoms with van der Waals surface area (Å²) < 4.78 is 0. The topological polar surface area (TPSA) is 78.5 Å². The van der Waals surface area contributed by atoms with Crippen LogP contribution in [0, 0.1) is 0 Å². The van der Waals surface area contributed by atoms with Crippen LogP contribution in [0.25, 0.3) is 0 Å². The Morgan fingerprint density at radius 1 is 1.04 bits per heavy atom. The van der Waals surface area contributed by atoms with E-state index < -0.39 is 17.9 Å². The van der Waals surface area contributed by atoms with Gasteiger partial charge < -0.3 is 0 Å². The summed E-state index contributed by atoms with van der Waals surface area (Å²) in [6, 6.07) is 14.4. The number of hydrogen-bond acceptors (Lipinski definition) is 4. The lowest BCUT2D eigenvalue weighted by molar-refractivity contribution is -0.121. The molecule has 122 valence electrons. The third kappa shape index (κ3) is 3.15. The summed E-state index contributed by atoms with van der Waals surface area (Å²) in [6.07, 6.45) is -0.0312. The van der Waals surface area contributed by atoms with Gasteiger partial charge in [-0.2, -0.15) is 0 Å². The Morgan fingerprint density at radius 2 is 1.71 bits per heavy atom. The molecule has 0 saturated carbocycles. The standard InChI is InChI=1S/C17H14ClN3O3/c18-13-9-5-4-8-12(13)16(23)20-19-14-10-15(22)21(17(14)24)11-6-2-1-3-7-11/h1-9,14,19H,10H2,(H,20,23)/t14-/m1/s1. The van der Waals surface area contributed by atoms with Crippen molar-refractivity contribution in [2.24, 2.45) is 0 Å². The molecule has 1 atom stereocenters. The van der Waals surface area contributed by atoms with Crippen molar-refractivity contribution in [3.05, 3.63) is 65.2 Å². The van der Waals surface area contributed by atoms with Gasteiger partial charge in [0.05, 0.1) is 22.7 Å². The highest BCUT2D eigenvalue weighted by atomic mass is 35.5. The van der Waals surface area contributed by atoms with E-state index in [4.69, 9.17) is 11.6 Å². The predicted octanol–water partition coefficient (Wildman–Crippen LogP) is 1.91. The van der Waals surface area contributed by atoms with Crippen molar-refractivity contribution in [1.29, 1.82) is 0 Å². The number of nitrogens with one attached hydrogen (secondary N) is 2. The lowest BCUT2D eigenvalue weighted by atomic mass is 10.2. The molecule has 0 aliphatic carbocycles. The number of nitrogens with zero attached hydrogens (tertiary/aromatic N) is 1. The molecule has 0 unspecified atom stereocenters. The number of hydrazine groups is 1. The maximum Gasteiger partial charge on any atom is 0.266 e. The Hall–Kier alpha value is -2.70. The van der Waals surface area contributed by atoms with Gasteiger partial charge >= 0.3 is 0 Å². The number of carbonyl (C=O) groups excluding carboxylic acids is 3. The largest absolute Gasteiger partial charge is 0.287 e. The Labute approximate surface area is 143 Å². The summed E-state index contributed by atoms with van der Waals surface area (Å²) in [5.74, 6) is -1.21. The van der Waals surface area contributed by atoms with E-state index in [-0.39, 0.29) is 17.9 Å². The van der Waals surface area contributed by atoms with E-state index in [2.05, 4.69) is 10.9 Å². The number of amides is 3. The summed E-state index contributed by atoms with van der Waals surface area (Å²) in [4.78, 5) is 37.7. The minimum Gasteiger partial charge on any atom is -0.287 e. The third-order valence-corrected chi connectivity index (χ3v) is 3.97. The zero-order valence-electron chi connectivity index (χ0n) is 12.5. The Bertz CT molecular complexity index is 795. The number of halogens is 1. The monoisotopic (exact) mass is 343 g/mol. The first-order valence-electron chi connectivity index (χ1n) is 7.30. The molecular formula is C17H14ClN3O3. The second kappa shape index (κ2) is 6.82. The molecule has 7 heteroatoms. The zero-order valence-corrected chi connectivity index (χ0v) is 13.3. The lowest BCUT2D eigenvalue weighted by Crippen LogP contribution is -2.48. The molecule has 0 aromatic heterocycles. The van der Waals surface area contributed by atoms with Crippen LogP contribution in [-0.2, 0) is 9.59 Å². The maximum atomic E-state index is 12.4. The van der Waals surface area contributed by atoms with Crippen LogP contribution in [-0.4, -0.2) is 23.8 Å². The molecule has 2 aromatic carbocycles. The first kappa shape index (κ1) is 16.2. The van der Waals surface area contributed by atoms with Gasteiger partial charge in [0, 0.05) is 0 Å². The van der Waals surface area contributed by atoms with Crippen molar-refractivity contribution in [3.8, 4) is 0 Å². The summed E-state index contributed by atoms with van der Waals surface area (Å²) in [6.45, 7) is 0. The van der Waals surface area contributed by atoms with Crippen LogP contribution in [0.1, 0.15) is 16.8 Å². The first-order valence-corrected chi connectivity index (χ1v) is 7.68. The molecule has 1 fully saturated rings. The molecular weight excluding hydrogens is 330 g/mol. The highest BCUT2D eigenvalue weighted by molar-refractivity contribution is 6.33. The Morgan fingerprint density at radius 3 is 2.42 bits per heavy atom. The SMILES string of the molecule is O=C(NN[C@@H]1CC(=O)N(c2ccccc2)C1=O)c1ccccc1Cl. The summed E-state index contributed by atoms with van der Waals surface area (Å²) in [7, 11) is 0. The maximum absolute atomic E-state index is 12.4. The van der Waals surface area contributed by atoms with Gasteiger partial charge in [0.15, 0.2) is 0 Å². The smallest absolute Gasteiger partial charge is 0.266 e. The molecule has 1 heterocycles. The van der Waals surface area contributed by atoms with Crippen molar-refractivity contribution < 1.29 is 14.4 Å². The van der Waals surface area contributed by atoms with Crippen molar-refractivity contribution in [2.75, 3.05) is 4.90 Å². The fourth-order valence-electron chi connectivity index (χ4n) is 2.46. The number of rotatable bonds is 4.